The van der Waals surface area contributed by atoms with Crippen LogP contribution in [0.5, 0.6) is 11.5 Å². The molecule has 0 aromatic heterocycles. The van der Waals surface area contributed by atoms with E-state index in [1.165, 1.54) is 18.4 Å². The number of nitrogens with one attached hydrogen (secondary N) is 2. The maximum Gasteiger partial charge on any atom is 0.191 e. The third-order valence-corrected chi connectivity index (χ3v) is 5.94. The molecule has 1 aliphatic heterocycles. The maximum atomic E-state index is 5.73. The quantitative estimate of drug-likeness (QED) is 0.288. The monoisotopic (exact) mass is 552 g/mol. The van der Waals surface area contributed by atoms with Crippen molar-refractivity contribution < 1.29 is 9.47 Å². The molecule has 1 heterocycles. The van der Waals surface area contributed by atoms with Crippen LogP contribution in [0.4, 0.5) is 0 Å². The summed E-state index contributed by atoms with van der Waals surface area (Å²) in [6.45, 7) is 5.32. The topological polar surface area (TPSA) is 58.1 Å². The zero-order valence-electron chi connectivity index (χ0n) is 19.6. The average Bonchev–Trinajstić information content (AvgIpc) is 2.80. The summed E-state index contributed by atoms with van der Waals surface area (Å²) in [5.41, 5.74) is 2.46. The van der Waals surface area contributed by atoms with Crippen molar-refractivity contribution >= 4 is 29.9 Å². The van der Waals surface area contributed by atoms with Gasteiger partial charge < -0.3 is 20.1 Å². The van der Waals surface area contributed by atoms with E-state index in [0.29, 0.717) is 25.1 Å². The van der Waals surface area contributed by atoms with Crippen LogP contribution in [0.15, 0.2) is 53.5 Å². The summed E-state index contributed by atoms with van der Waals surface area (Å²) in [7, 11) is 5.75. The van der Waals surface area contributed by atoms with Crippen LogP contribution >= 0.6 is 24.0 Å². The van der Waals surface area contributed by atoms with Gasteiger partial charge in [0.15, 0.2) is 5.96 Å². The first-order valence-electron chi connectivity index (χ1n) is 11.2. The standard InChI is InChI=1S/C25H36N4O2.HI/c1-5-31-23-11-7-6-9-20(23)17-27-25(26-2)28-18-21-10-8-16-29(3)24(21)19-12-14-22(30-4)15-13-19;/h6-7,9,11-15,21,24H,5,8,10,16-18H2,1-4H3,(H2,26,27,28);1H. The van der Waals surface area contributed by atoms with Crippen molar-refractivity contribution in [2.24, 2.45) is 10.9 Å². The van der Waals surface area contributed by atoms with Crippen LogP contribution in [0.3, 0.4) is 0 Å². The molecular weight excluding hydrogens is 515 g/mol. The van der Waals surface area contributed by atoms with Crippen molar-refractivity contribution in [1.82, 2.24) is 15.5 Å². The molecule has 0 radical (unpaired) electrons. The summed E-state index contributed by atoms with van der Waals surface area (Å²) in [6, 6.07) is 17.0. The van der Waals surface area contributed by atoms with Gasteiger partial charge in [-0.3, -0.25) is 9.89 Å². The van der Waals surface area contributed by atoms with E-state index < -0.39 is 0 Å². The van der Waals surface area contributed by atoms with Crippen molar-refractivity contribution in [2.45, 2.75) is 32.4 Å². The number of piperidine rings is 1. The highest BCUT2D eigenvalue weighted by Gasteiger charge is 2.30. The number of para-hydroxylation sites is 1. The Morgan fingerprint density at radius 1 is 1.12 bits per heavy atom. The van der Waals surface area contributed by atoms with Crippen molar-refractivity contribution in [1.29, 1.82) is 0 Å². The molecule has 3 rings (SSSR count). The number of guanidine groups is 1. The second-order valence-electron chi connectivity index (χ2n) is 7.95. The first kappa shape index (κ1) is 26.3. The van der Waals surface area contributed by atoms with Crippen molar-refractivity contribution in [3.63, 3.8) is 0 Å². The minimum atomic E-state index is 0. The first-order chi connectivity index (χ1) is 15.2. The van der Waals surface area contributed by atoms with E-state index in [1.807, 2.05) is 32.2 Å². The van der Waals surface area contributed by atoms with Gasteiger partial charge in [0.1, 0.15) is 11.5 Å². The number of hydrogen-bond acceptors (Lipinski definition) is 4. The Labute approximate surface area is 209 Å². The van der Waals surface area contributed by atoms with Crippen LogP contribution in [0, 0.1) is 5.92 Å². The van der Waals surface area contributed by atoms with Crippen LogP contribution in [0.1, 0.15) is 36.9 Å². The highest BCUT2D eigenvalue weighted by atomic mass is 127. The third-order valence-electron chi connectivity index (χ3n) is 5.94. The van der Waals surface area contributed by atoms with Crippen molar-refractivity contribution in [2.75, 3.05) is 40.9 Å². The molecule has 2 N–H and O–H groups in total. The van der Waals surface area contributed by atoms with E-state index in [9.17, 15) is 0 Å². The van der Waals surface area contributed by atoms with E-state index in [1.54, 1.807) is 7.11 Å². The molecule has 1 saturated heterocycles. The van der Waals surface area contributed by atoms with Crippen LogP contribution in [-0.4, -0.2) is 51.8 Å². The number of benzene rings is 2. The Balaban J connectivity index is 0.00000363. The molecule has 0 bridgehead atoms. The molecule has 1 aliphatic rings. The Morgan fingerprint density at radius 2 is 1.88 bits per heavy atom. The molecule has 6 nitrogen and oxygen atoms in total. The first-order valence-corrected chi connectivity index (χ1v) is 11.2. The molecule has 32 heavy (non-hydrogen) atoms. The lowest BCUT2D eigenvalue weighted by atomic mass is 9.85. The summed E-state index contributed by atoms with van der Waals surface area (Å²) in [5, 5.41) is 6.98. The summed E-state index contributed by atoms with van der Waals surface area (Å²) >= 11 is 0. The van der Waals surface area contributed by atoms with E-state index in [-0.39, 0.29) is 24.0 Å². The predicted molar refractivity (Wildman–Crippen MR) is 142 cm³/mol. The molecule has 0 aliphatic carbocycles. The van der Waals surface area contributed by atoms with Gasteiger partial charge in [-0.2, -0.15) is 0 Å². The van der Waals surface area contributed by atoms with Gasteiger partial charge in [0.25, 0.3) is 0 Å². The smallest absolute Gasteiger partial charge is 0.191 e. The van der Waals surface area contributed by atoms with E-state index >= 15 is 0 Å². The number of hydrogen-bond donors (Lipinski definition) is 2. The van der Waals surface area contributed by atoms with Gasteiger partial charge in [0.05, 0.1) is 13.7 Å². The number of methoxy groups -OCH3 is 1. The van der Waals surface area contributed by atoms with Gasteiger partial charge in [-0.15, -0.1) is 24.0 Å². The number of nitrogens with zero attached hydrogens (tertiary/aromatic N) is 2. The van der Waals surface area contributed by atoms with Crippen LogP contribution < -0.4 is 20.1 Å². The second-order valence-corrected chi connectivity index (χ2v) is 7.95. The van der Waals surface area contributed by atoms with Crippen LogP contribution in [0.2, 0.25) is 0 Å². The molecule has 0 amide bonds. The van der Waals surface area contributed by atoms with Gasteiger partial charge in [-0.1, -0.05) is 30.3 Å². The molecule has 0 spiro atoms. The van der Waals surface area contributed by atoms with E-state index in [0.717, 1.165) is 36.1 Å². The van der Waals surface area contributed by atoms with Crippen LogP contribution in [0.25, 0.3) is 0 Å². The molecule has 2 atom stereocenters. The van der Waals surface area contributed by atoms with E-state index in [2.05, 4.69) is 57.9 Å². The van der Waals surface area contributed by atoms with Gasteiger partial charge in [0, 0.05) is 31.7 Å². The van der Waals surface area contributed by atoms with Crippen LogP contribution in [-0.2, 0) is 6.54 Å². The fourth-order valence-corrected chi connectivity index (χ4v) is 4.37. The van der Waals surface area contributed by atoms with E-state index in [4.69, 9.17) is 9.47 Å². The normalized spacial score (nSPS) is 19.1. The molecule has 0 saturated carbocycles. The fourth-order valence-electron chi connectivity index (χ4n) is 4.37. The lowest BCUT2D eigenvalue weighted by molar-refractivity contribution is 0.122. The molecule has 2 aromatic carbocycles. The number of rotatable bonds is 8. The number of ether oxygens (including phenoxy) is 2. The largest absolute Gasteiger partial charge is 0.497 e. The SMILES string of the molecule is CCOc1ccccc1CNC(=NC)NCC1CCCN(C)C1c1ccc(OC)cc1.I. The summed E-state index contributed by atoms with van der Waals surface area (Å²) < 4.78 is 11.1. The van der Waals surface area contributed by atoms with Gasteiger partial charge in [-0.25, -0.2) is 0 Å². The lowest BCUT2D eigenvalue weighted by Gasteiger charge is -2.40. The fraction of sp³-hybridized carbons (Fsp3) is 0.480. The highest BCUT2D eigenvalue weighted by Crippen LogP contribution is 2.35. The lowest BCUT2D eigenvalue weighted by Crippen LogP contribution is -2.44. The van der Waals surface area contributed by atoms with Gasteiger partial charge >= 0.3 is 0 Å². The average molecular weight is 553 g/mol. The Hall–Kier alpha value is -2.00. The molecule has 176 valence electrons. The summed E-state index contributed by atoms with van der Waals surface area (Å²) in [6.07, 6.45) is 2.40. The maximum absolute atomic E-state index is 5.73. The van der Waals surface area contributed by atoms with Crippen molar-refractivity contribution in [3.05, 3.63) is 59.7 Å². The van der Waals surface area contributed by atoms with Gasteiger partial charge in [-0.05, 0) is 63.0 Å². The summed E-state index contributed by atoms with van der Waals surface area (Å²) in [5.74, 6) is 3.13. The molecule has 1 fully saturated rings. The van der Waals surface area contributed by atoms with Crippen molar-refractivity contribution in [3.8, 4) is 11.5 Å². The Bertz CT molecular complexity index is 844. The molecule has 2 unspecified atom stereocenters. The number of likely N-dealkylation sites (tertiary alicyclic amines) is 1. The van der Waals surface area contributed by atoms with Gasteiger partial charge in [0.2, 0.25) is 0 Å². The Kier molecular flexibility index (Phi) is 11.1. The minimum absolute atomic E-state index is 0. The molecular formula is C25H37IN4O2. The highest BCUT2D eigenvalue weighted by molar-refractivity contribution is 14.0. The zero-order valence-corrected chi connectivity index (χ0v) is 22.0. The zero-order chi connectivity index (χ0) is 22.1. The number of halogens is 1. The molecule has 2 aromatic rings. The minimum Gasteiger partial charge on any atom is -0.497 e. The molecule has 7 heteroatoms. The summed E-state index contributed by atoms with van der Waals surface area (Å²) in [4.78, 5) is 6.89. The third kappa shape index (κ3) is 7.00. The predicted octanol–water partition coefficient (Wildman–Crippen LogP) is 4.46. The Morgan fingerprint density at radius 3 is 2.56 bits per heavy atom. The number of aliphatic imine (C=N–C) groups is 1. The second kappa shape index (κ2) is 13.5.